The first kappa shape index (κ1) is 13.5. The van der Waals surface area contributed by atoms with E-state index < -0.39 is 23.1 Å². The van der Waals surface area contributed by atoms with Crippen LogP contribution in [-0.2, 0) is 0 Å². The smallest absolute Gasteiger partial charge is 0.259 e. The summed E-state index contributed by atoms with van der Waals surface area (Å²) in [7, 11) is 0. The first-order chi connectivity index (χ1) is 9.54. The molecule has 0 unspecified atom stereocenters. The number of anilines is 1. The lowest BCUT2D eigenvalue weighted by molar-refractivity contribution is 0.102. The number of halogens is 2. The molecule has 5 N–H and O–H groups in total. The third kappa shape index (κ3) is 2.41. The van der Waals surface area contributed by atoms with E-state index in [1.807, 2.05) is 0 Å². The molecule has 0 saturated carbocycles. The first-order valence-corrected chi connectivity index (χ1v) is 5.31. The number of carbonyl (C=O) groups is 1. The maximum absolute atomic E-state index is 13.5. The van der Waals surface area contributed by atoms with Crippen LogP contribution in [0.5, 0.6) is 0 Å². The molecule has 0 fully saturated rings. The van der Waals surface area contributed by atoms with Gasteiger partial charge in [0.1, 0.15) is 5.82 Å². The Morgan fingerprint density at radius 1 is 1.40 bits per heavy atom. The highest BCUT2D eigenvalue weighted by Crippen LogP contribution is 2.15. The zero-order valence-corrected chi connectivity index (χ0v) is 9.89. The maximum Gasteiger partial charge on any atom is 0.259 e. The van der Waals surface area contributed by atoms with Crippen LogP contribution in [0.3, 0.4) is 0 Å². The number of aromatic nitrogens is 2. The molecule has 0 aliphatic rings. The van der Waals surface area contributed by atoms with E-state index in [2.05, 4.69) is 20.7 Å². The first-order valence-electron chi connectivity index (χ1n) is 5.31. The summed E-state index contributed by atoms with van der Waals surface area (Å²) < 4.78 is 26.5. The molecular weight excluding hydrogens is 272 g/mol. The molecule has 0 aliphatic carbocycles. The van der Waals surface area contributed by atoms with Gasteiger partial charge in [-0.25, -0.2) is 8.78 Å². The van der Waals surface area contributed by atoms with E-state index in [1.54, 1.807) is 0 Å². The Balaban J connectivity index is 2.29. The van der Waals surface area contributed by atoms with Crippen molar-refractivity contribution < 1.29 is 18.8 Å². The van der Waals surface area contributed by atoms with Crippen LogP contribution in [0.2, 0.25) is 0 Å². The van der Waals surface area contributed by atoms with Crippen molar-refractivity contribution in [2.24, 2.45) is 10.9 Å². The molecule has 20 heavy (non-hydrogen) atoms. The van der Waals surface area contributed by atoms with Crippen molar-refractivity contribution in [3.8, 4) is 0 Å². The third-order valence-corrected chi connectivity index (χ3v) is 2.46. The molecule has 2 aromatic rings. The molecule has 1 heterocycles. The average molecular weight is 281 g/mol. The quantitative estimate of drug-likeness (QED) is 0.291. The molecule has 1 amide bonds. The Bertz CT molecular complexity index is 683. The second-order valence-electron chi connectivity index (χ2n) is 3.70. The highest BCUT2D eigenvalue weighted by molar-refractivity contribution is 6.08. The number of carbonyl (C=O) groups excluding carboxylic acids is 1. The number of nitrogens with two attached hydrogens (primary N) is 1. The Labute approximate surface area is 111 Å². The topological polar surface area (TPSA) is 116 Å². The van der Waals surface area contributed by atoms with Gasteiger partial charge in [-0.05, 0) is 12.1 Å². The van der Waals surface area contributed by atoms with Crippen molar-refractivity contribution >= 4 is 17.6 Å². The van der Waals surface area contributed by atoms with Gasteiger partial charge in [0.2, 0.25) is 0 Å². The lowest BCUT2D eigenvalue weighted by Crippen LogP contribution is -2.19. The summed E-state index contributed by atoms with van der Waals surface area (Å²) in [6.45, 7) is 0. The Morgan fingerprint density at radius 2 is 2.15 bits per heavy atom. The minimum absolute atomic E-state index is 0.00559. The highest BCUT2D eigenvalue weighted by atomic mass is 19.2. The number of nitrogens with zero attached hydrogens (tertiary/aromatic N) is 2. The lowest BCUT2D eigenvalue weighted by atomic mass is 10.2. The number of hydrogen-bond donors (Lipinski definition) is 4. The highest BCUT2D eigenvalue weighted by Gasteiger charge is 2.18. The van der Waals surface area contributed by atoms with E-state index >= 15 is 0 Å². The van der Waals surface area contributed by atoms with Gasteiger partial charge in [-0.15, -0.1) is 0 Å². The van der Waals surface area contributed by atoms with Crippen LogP contribution < -0.4 is 11.1 Å². The summed E-state index contributed by atoms with van der Waals surface area (Å²) in [5.74, 6) is -3.62. The van der Waals surface area contributed by atoms with Crippen LogP contribution in [0.15, 0.2) is 29.6 Å². The van der Waals surface area contributed by atoms with Crippen molar-refractivity contribution in [3.63, 3.8) is 0 Å². The molecule has 7 nitrogen and oxygen atoms in total. The van der Waals surface area contributed by atoms with Crippen molar-refractivity contribution in [1.82, 2.24) is 10.2 Å². The van der Waals surface area contributed by atoms with Crippen LogP contribution >= 0.6 is 0 Å². The van der Waals surface area contributed by atoms with Gasteiger partial charge in [-0.3, -0.25) is 9.89 Å². The van der Waals surface area contributed by atoms with Crippen LogP contribution in [0.4, 0.5) is 14.6 Å². The fraction of sp³-hybridized carbons (Fsp3) is 0. The van der Waals surface area contributed by atoms with Gasteiger partial charge < -0.3 is 16.3 Å². The van der Waals surface area contributed by atoms with Gasteiger partial charge in [0.25, 0.3) is 5.91 Å². The summed E-state index contributed by atoms with van der Waals surface area (Å²) >= 11 is 0. The summed E-state index contributed by atoms with van der Waals surface area (Å²) in [6.07, 6.45) is 1.20. The van der Waals surface area contributed by atoms with E-state index in [0.29, 0.717) is 0 Å². The molecule has 1 aromatic carbocycles. The van der Waals surface area contributed by atoms with Gasteiger partial charge in [-0.1, -0.05) is 11.2 Å². The van der Waals surface area contributed by atoms with Crippen LogP contribution in [0.1, 0.15) is 15.9 Å². The molecule has 0 radical (unpaired) electrons. The predicted molar refractivity (Wildman–Crippen MR) is 65.4 cm³/mol. The van der Waals surface area contributed by atoms with Crippen LogP contribution in [0, 0.1) is 11.6 Å². The van der Waals surface area contributed by atoms with Crippen molar-refractivity contribution in [3.05, 3.63) is 47.2 Å². The third-order valence-electron chi connectivity index (χ3n) is 2.46. The van der Waals surface area contributed by atoms with E-state index in [-0.39, 0.29) is 17.2 Å². The number of rotatable bonds is 3. The maximum atomic E-state index is 13.5. The van der Waals surface area contributed by atoms with Gasteiger partial charge in [0, 0.05) is 0 Å². The number of amides is 1. The van der Waals surface area contributed by atoms with Gasteiger partial charge in [0.05, 0.1) is 17.3 Å². The van der Waals surface area contributed by atoms with E-state index in [4.69, 9.17) is 10.9 Å². The second kappa shape index (κ2) is 5.34. The zero-order chi connectivity index (χ0) is 14.7. The fourth-order valence-corrected chi connectivity index (χ4v) is 1.49. The van der Waals surface area contributed by atoms with Gasteiger partial charge >= 0.3 is 0 Å². The Hall–Kier alpha value is -2.97. The lowest BCUT2D eigenvalue weighted by Gasteiger charge is -2.06. The number of nitrogens with one attached hydrogen (secondary N) is 2. The molecule has 0 bridgehead atoms. The molecule has 1 aromatic heterocycles. The second-order valence-corrected chi connectivity index (χ2v) is 3.70. The minimum atomic E-state index is -1.27. The molecule has 0 aliphatic heterocycles. The number of hydrogen-bond acceptors (Lipinski definition) is 4. The number of amidine groups is 1. The summed E-state index contributed by atoms with van der Waals surface area (Å²) in [5, 5.41) is 19.6. The number of aromatic amines is 1. The largest absolute Gasteiger partial charge is 0.409 e. The van der Waals surface area contributed by atoms with E-state index in [0.717, 1.165) is 12.1 Å². The van der Waals surface area contributed by atoms with E-state index in [1.165, 1.54) is 12.3 Å². The summed E-state index contributed by atoms with van der Waals surface area (Å²) in [6, 6.07) is 3.21. The number of benzene rings is 1. The van der Waals surface area contributed by atoms with Crippen molar-refractivity contribution in [2.75, 3.05) is 5.32 Å². The standard InChI is InChI=1S/C11H9F2N5O2/c12-7-3-1-2-5(8(7)13)11(19)16-10-6(4-15-17-10)9(14)18-20/h1-4,20H,(H2,14,18)(H2,15,16,17,19). The molecule has 2 rings (SSSR count). The number of H-pyrrole nitrogens is 1. The van der Waals surface area contributed by atoms with Crippen molar-refractivity contribution in [2.45, 2.75) is 0 Å². The fourth-order valence-electron chi connectivity index (χ4n) is 1.49. The molecule has 0 saturated heterocycles. The summed E-state index contributed by atoms with van der Waals surface area (Å²) in [4.78, 5) is 11.8. The molecule has 0 spiro atoms. The molecule has 9 heteroatoms. The van der Waals surface area contributed by atoms with Crippen molar-refractivity contribution in [1.29, 1.82) is 0 Å². The van der Waals surface area contributed by atoms with Gasteiger partial charge in [0.15, 0.2) is 17.5 Å². The van der Waals surface area contributed by atoms with Crippen LogP contribution in [0.25, 0.3) is 0 Å². The molecule has 0 atom stereocenters. The number of oxime groups is 1. The summed E-state index contributed by atoms with van der Waals surface area (Å²) in [5.41, 5.74) is 4.99. The Kier molecular flexibility index (Phi) is 3.60. The average Bonchev–Trinajstić information content (AvgIpc) is 2.89. The molecule has 104 valence electrons. The van der Waals surface area contributed by atoms with E-state index in [9.17, 15) is 13.6 Å². The monoisotopic (exact) mass is 281 g/mol. The normalized spacial score (nSPS) is 11.4. The SMILES string of the molecule is NC(=NO)c1cn[nH]c1NC(=O)c1cccc(F)c1F. The Morgan fingerprint density at radius 3 is 2.85 bits per heavy atom. The van der Waals surface area contributed by atoms with Crippen LogP contribution in [-0.4, -0.2) is 27.1 Å². The molecular formula is C11H9F2N5O2. The predicted octanol–water partition coefficient (Wildman–Crippen LogP) is 1.03. The minimum Gasteiger partial charge on any atom is -0.409 e. The zero-order valence-electron chi connectivity index (χ0n) is 9.89. The van der Waals surface area contributed by atoms with Gasteiger partial charge in [-0.2, -0.15) is 5.10 Å².